The van der Waals surface area contributed by atoms with Crippen molar-refractivity contribution in [1.29, 1.82) is 0 Å². The van der Waals surface area contributed by atoms with E-state index in [0.717, 1.165) is 43.9 Å². The molecule has 1 aliphatic heterocycles. The summed E-state index contributed by atoms with van der Waals surface area (Å²) in [6.45, 7) is 6.68. The third kappa shape index (κ3) is 13.6. The molecule has 1 aliphatic rings. The van der Waals surface area contributed by atoms with Gasteiger partial charge in [0.15, 0.2) is 11.5 Å². The second-order valence-corrected chi connectivity index (χ2v) is 10.3. The van der Waals surface area contributed by atoms with E-state index >= 15 is 0 Å². The van der Waals surface area contributed by atoms with Crippen LogP contribution in [-0.2, 0) is 32.3 Å². The van der Waals surface area contributed by atoms with Crippen molar-refractivity contribution < 1.29 is 63.1 Å². The SMILES string of the molecule is COc1ccc(CN2CCN(Cc3nc(C(=O)c4ccc(C)cc4)no3)CC2)c(OC)c1OC.O=C(O)/C=C\C(=O)O.O=C(O)/C=C\C(=O)O. The van der Waals surface area contributed by atoms with Crippen LogP contribution in [0.2, 0.25) is 0 Å². The Labute approximate surface area is 286 Å². The molecule has 0 atom stereocenters. The van der Waals surface area contributed by atoms with Crippen LogP contribution in [0, 0.1) is 6.92 Å². The van der Waals surface area contributed by atoms with E-state index in [-0.39, 0.29) is 11.6 Å². The quantitative estimate of drug-likeness (QED) is 0.148. The van der Waals surface area contributed by atoms with Gasteiger partial charge in [-0.05, 0) is 13.0 Å². The fourth-order valence-corrected chi connectivity index (χ4v) is 4.36. The Hall–Kier alpha value is -6.07. The molecular weight excluding hydrogens is 660 g/mol. The van der Waals surface area contributed by atoms with E-state index in [4.69, 9.17) is 39.2 Å². The van der Waals surface area contributed by atoms with Crippen LogP contribution in [-0.4, -0.2) is 118 Å². The summed E-state index contributed by atoms with van der Waals surface area (Å²) in [5, 5.41) is 35.1. The van der Waals surface area contributed by atoms with E-state index in [9.17, 15) is 24.0 Å². The van der Waals surface area contributed by atoms with Gasteiger partial charge in [0.25, 0.3) is 0 Å². The summed E-state index contributed by atoms with van der Waals surface area (Å²) in [4.78, 5) is 59.7. The number of methoxy groups -OCH3 is 3. The van der Waals surface area contributed by atoms with Crippen LogP contribution in [0.4, 0.5) is 0 Å². The number of rotatable bonds is 13. The Bertz CT molecular complexity index is 1610. The molecule has 4 N–H and O–H groups in total. The zero-order valence-electron chi connectivity index (χ0n) is 27.8. The van der Waals surface area contributed by atoms with E-state index in [0.29, 0.717) is 59.6 Å². The van der Waals surface area contributed by atoms with Crippen molar-refractivity contribution in [2.24, 2.45) is 0 Å². The maximum absolute atomic E-state index is 12.6. The molecule has 3 aromatic rings. The zero-order valence-corrected chi connectivity index (χ0v) is 27.8. The smallest absolute Gasteiger partial charge is 0.328 e. The molecule has 2 heterocycles. The molecule has 1 fully saturated rings. The molecule has 4 rings (SSSR count). The number of nitrogens with zero attached hydrogens (tertiary/aromatic N) is 4. The summed E-state index contributed by atoms with van der Waals surface area (Å²) in [6.07, 6.45) is 2.23. The second kappa shape index (κ2) is 20.3. The fourth-order valence-electron chi connectivity index (χ4n) is 4.36. The first-order valence-corrected chi connectivity index (χ1v) is 14.7. The van der Waals surface area contributed by atoms with Gasteiger partial charge in [0.1, 0.15) is 0 Å². The number of aliphatic carboxylic acids is 4. The maximum atomic E-state index is 12.6. The Morgan fingerprint density at radius 3 is 1.62 bits per heavy atom. The van der Waals surface area contributed by atoms with Crippen molar-refractivity contribution in [3.05, 3.63) is 89.1 Å². The summed E-state index contributed by atoms with van der Waals surface area (Å²) in [7, 11) is 4.86. The summed E-state index contributed by atoms with van der Waals surface area (Å²) in [6, 6.07) is 11.3. The first-order valence-electron chi connectivity index (χ1n) is 14.7. The van der Waals surface area contributed by atoms with E-state index in [1.54, 1.807) is 33.5 Å². The van der Waals surface area contributed by atoms with Crippen molar-refractivity contribution >= 4 is 29.7 Å². The summed E-state index contributed by atoms with van der Waals surface area (Å²) >= 11 is 0. The highest BCUT2D eigenvalue weighted by Gasteiger charge is 2.23. The van der Waals surface area contributed by atoms with Crippen LogP contribution in [0.1, 0.15) is 33.2 Å². The lowest BCUT2D eigenvalue weighted by atomic mass is 10.1. The van der Waals surface area contributed by atoms with Gasteiger partial charge in [0.05, 0.1) is 27.9 Å². The summed E-state index contributed by atoms with van der Waals surface area (Å²) in [5.41, 5.74) is 2.69. The van der Waals surface area contributed by atoms with Gasteiger partial charge in [-0.1, -0.05) is 41.1 Å². The van der Waals surface area contributed by atoms with Crippen molar-refractivity contribution in [3.8, 4) is 17.2 Å². The minimum Gasteiger partial charge on any atom is -0.493 e. The highest BCUT2D eigenvalue weighted by molar-refractivity contribution is 6.06. The van der Waals surface area contributed by atoms with Crippen LogP contribution >= 0.6 is 0 Å². The van der Waals surface area contributed by atoms with Gasteiger partial charge in [0, 0.05) is 68.2 Å². The number of hydrogen-bond donors (Lipinski definition) is 4. The first-order chi connectivity index (χ1) is 23.8. The standard InChI is InChI=1S/C25H30N4O5.2C4H4O4/c1-17-5-7-18(8-6-17)22(30)25-26-21(34-27-25)16-29-13-11-28(12-14-29)15-19-9-10-20(31-2)24(33-4)23(19)32-3;2*5-3(6)1-2-4(7)8/h5-10H,11-16H2,1-4H3;2*1-2H,(H,5,6)(H,7,8)/b;2*2-1-. The van der Waals surface area contributed by atoms with Gasteiger partial charge in [0.2, 0.25) is 23.2 Å². The maximum Gasteiger partial charge on any atom is 0.328 e. The van der Waals surface area contributed by atoms with Gasteiger partial charge in [-0.2, -0.15) is 4.98 Å². The number of carboxylic acid groups (broad SMARTS) is 4. The number of aromatic nitrogens is 2. The molecule has 0 bridgehead atoms. The number of ether oxygens (including phenoxy) is 3. The molecule has 2 aromatic carbocycles. The molecule has 0 saturated carbocycles. The largest absolute Gasteiger partial charge is 0.493 e. The predicted octanol–water partition coefficient (Wildman–Crippen LogP) is 2.38. The molecule has 0 unspecified atom stereocenters. The number of benzene rings is 2. The van der Waals surface area contributed by atoms with Gasteiger partial charge in [-0.3, -0.25) is 14.6 Å². The molecule has 0 radical (unpaired) electrons. The Morgan fingerprint density at radius 1 is 0.700 bits per heavy atom. The Morgan fingerprint density at radius 2 is 1.18 bits per heavy atom. The number of piperazine rings is 1. The minimum atomic E-state index is -1.26. The lowest BCUT2D eigenvalue weighted by molar-refractivity contribution is -0.134. The van der Waals surface area contributed by atoms with Crippen molar-refractivity contribution in [2.75, 3.05) is 47.5 Å². The second-order valence-electron chi connectivity index (χ2n) is 10.3. The first kappa shape index (κ1) is 40.1. The average molecular weight is 699 g/mol. The Kier molecular flexibility index (Phi) is 16.3. The lowest BCUT2D eigenvalue weighted by Gasteiger charge is -2.34. The fraction of sp³-hybridized carbons (Fsp3) is 0.303. The molecule has 17 heteroatoms. The molecule has 0 amide bonds. The number of carbonyl (C=O) groups is 5. The highest BCUT2D eigenvalue weighted by Crippen LogP contribution is 2.40. The topological polar surface area (TPSA) is 239 Å². The summed E-state index contributed by atoms with van der Waals surface area (Å²) in [5.74, 6) is -2.77. The molecule has 0 aliphatic carbocycles. The third-order valence-corrected chi connectivity index (χ3v) is 6.73. The molecular formula is C33H38N4O13. The number of carboxylic acids is 4. The number of aryl methyl sites for hydroxylation is 1. The van der Waals surface area contributed by atoms with Crippen molar-refractivity contribution in [3.63, 3.8) is 0 Å². The molecule has 268 valence electrons. The van der Waals surface area contributed by atoms with E-state index in [2.05, 4.69) is 19.9 Å². The highest BCUT2D eigenvalue weighted by atomic mass is 16.5. The van der Waals surface area contributed by atoms with Crippen LogP contribution in [0.3, 0.4) is 0 Å². The van der Waals surface area contributed by atoms with Gasteiger partial charge in [-0.25, -0.2) is 19.2 Å². The van der Waals surface area contributed by atoms with Crippen LogP contribution in [0.15, 0.2) is 65.2 Å². The van der Waals surface area contributed by atoms with Crippen LogP contribution in [0.25, 0.3) is 0 Å². The monoisotopic (exact) mass is 698 g/mol. The van der Waals surface area contributed by atoms with E-state index < -0.39 is 23.9 Å². The van der Waals surface area contributed by atoms with Crippen molar-refractivity contribution in [2.45, 2.75) is 20.0 Å². The molecule has 50 heavy (non-hydrogen) atoms. The summed E-state index contributed by atoms with van der Waals surface area (Å²) < 4.78 is 21.8. The predicted molar refractivity (Wildman–Crippen MR) is 174 cm³/mol. The van der Waals surface area contributed by atoms with Crippen molar-refractivity contribution in [1.82, 2.24) is 19.9 Å². The molecule has 17 nitrogen and oxygen atoms in total. The van der Waals surface area contributed by atoms with Gasteiger partial charge < -0.3 is 39.2 Å². The number of carbonyl (C=O) groups excluding carboxylic acids is 1. The van der Waals surface area contributed by atoms with E-state index in [1.165, 1.54) is 0 Å². The molecule has 0 spiro atoms. The Balaban J connectivity index is 0.000000450. The lowest BCUT2D eigenvalue weighted by Crippen LogP contribution is -2.45. The normalized spacial score (nSPS) is 13.0. The van der Waals surface area contributed by atoms with E-state index in [1.807, 2.05) is 31.2 Å². The van der Waals surface area contributed by atoms with Gasteiger partial charge >= 0.3 is 23.9 Å². The van der Waals surface area contributed by atoms with Gasteiger partial charge in [-0.15, -0.1) is 0 Å². The molecule has 1 saturated heterocycles. The molecule has 1 aromatic heterocycles. The number of ketones is 1. The average Bonchev–Trinajstić information content (AvgIpc) is 3.56. The third-order valence-electron chi connectivity index (χ3n) is 6.73. The van der Waals surface area contributed by atoms with Crippen LogP contribution in [0.5, 0.6) is 17.2 Å². The number of hydrogen-bond acceptors (Lipinski definition) is 13. The zero-order chi connectivity index (χ0) is 37.2. The van der Waals surface area contributed by atoms with Crippen LogP contribution < -0.4 is 14.2 Å². The minimum absolute atomic E-state index is 0.0954.